The monoisotopic (exact) mass is 583 g/mol. The predicted octanol–water partition coefficient (Wildman–Crippen LogP) is 9.89. The Balaban J connectivity index is 1.35. The standard InChI is InChI=1S/C40H26ClN3/c41-39-43-37(42-38(44-39)34-22-11-10-20-31(34)27-14-4-1-5-15-27)28-24-25-33-32-21-12-13-23-35(32)40(36(33)26-28,29-16-6-2-7-17-29)30-18-8-3-9-19-30/h1-26H. The van der Waals surface area contributed by atoms with Gasteiger partial charge in [-0.2, -0.15) is 9.97 Å². The Bertz CT molecular complexity index is 2090. The van der Waals surface area contributed by atoms with Crippen molar-refractivity contribution in [3.8, 4) is 45.0 Å². The topological polar surface area (TPSA) is 38.7 Å². The summed E-state index contributed by atoms with van der Waals surface area (Å²) in [7, 11) is 0. The number of nitrogens with zero attached hydrogens (tertiary/aromatic N) is 3. The third-order valence-electron chi connectivity index (χ3n) is 8.58. The normalized spacial score (nSPS) is 12.8. The summed E-state index contributed by atoms with van der Waals surface area (Å²) in [6.07, 6.45) is 0. The fourth-order valence-corrected chi connectivity index (χ4v) is 6.89. The van der Waals surface area contributed by atoms with Crippen molar-refractivity contribution in [1.82, 2.24) is 15.0 Å². The molecule has 1 aliphatic rings. The van der Waals surface area contributed by atoms with Crippen molar-refractivity contribution in [1.29, 1.82) is 0 Å². The van der Waals surface area contributed by atoms with Gasteiger partial charge in [0.1, 0.15) is 0 Å². The molecule has 1 aliphatic carbocycles. The zero-order chi connectivity index (χ0) is 29.5. The third-order valence-corrected chi connectivity index (χ3v) is 8.75. The van der Waals surface area contributed by atoms with Crippen LogP contribution < -0.4 is 0 Å². The fourth-order valence-electron chi connectivity index (χ4n) is 6.73. The fraction of sp³-hybridized carbons (Fsp3) is 0.0250. The first-order valence-corrected chi connectivity index (χ1v) is 15.0. The first kappa shape index (κ1) is 26.3. The van der Waals surface area contributed by atoms with Gasteiger partial charge in [0, 0.05) is 11.1 Å². The maximum Gasteiger partial charge on any atom is 0.226 e. The van der Waals surface area contributed by atoms with Gasteiger partial charge in [0.05, 0.1) is 5.41 Å². The smallest absolute Gasteiger partial charge is 0.208 e. The Morgan fingerprint density at radius 2 is 0.909 bits per heavy atom. The highest BCUT2D eigenvalue weighted by Gasteiger charge is 2.46. The van der Waals surface area contributed by atoms with E-state index in [4.69, 9.17) is 16.6 Å². The number of fused-ring (bicyclic) bond motifs is 3. The van der Waals surface area contributed by atoms with Crippen molar-refractivity contribution >= 4 is 11.6 Å². The maximum atomic E-state index is 6.62. The molecule has 0 saturated carbocycles. The van der Waals surface area contributed by atoms with Crippen LogP contribution in [0.3, 0.4) is 0 Å². The van der Waals surface area contributed by atoms with E-state index in [1.54, 1.807) is 0 Å². The van der Waals surface area contributed by atoms with Crippen LogP contribution in [-0.4, -0.2) is 15.0 Å². The summed E-state index contributed by atoms with van der Waals surface area (Å²) in [5.74, 6) is 1.08. The number of hydrogen-bond acceptors (Lipinski definition) is 3. The zero-order valence-corrected chi connectivity index (χ0v) is 24.5. The van der Waals surface area contributed by atoms with E-state index in [-0.39, 0.29) is 5.28 Å². The summed E-state index contributed by atoms with van der Waals surface area (Å²) in [6.45, 7) is 0. The average molecular weight is 584 g/mol. The average Bonchev–Trinajstić information content (AvgIpc) is 3.40. The summed E-state index contributed by atoms with van der Waals surface area (Å²) in [5, 5.41) is 0.161. The van der Waals surface area contributed by atoms with Crippen molar-refractivity contribution in [2.24, 2.45) is 0 Å². The Kier molecular flexibility index (Phi) is 6.40. The third kappa shape index (κ3) is 4.16. The minimum absolute atomic E-state index is 0.161. The molecule has 1 heterocycles. The number of halogens is 1. The summed E-state index contributed by atoms with van der Waals surface area (Å²) >= 11 is 6.62. The number of rotatable bonds is 5. The van der Waals surface area contributed by atoms with Crippen LogP contribution in [0, 0.1) is 0 Å². The molecule has 0 atom stereocenters. The van der Waals surface area contributed by atoms with Gasteiger partial charge >= 0.3 is 0 Å². The van der Waals surface area contributed by atoms with Crippen LogP contribution in [0.5, 0.6) is 0 Å². The molecule has 8 rings (SSSR count). The lowest BCUT2D eigenvalue weighted by molar-refractivity contribution is 0.768. The molecule has 208 valence electrons. The van der Waals surface area contributed by atoms with E-state index in [1.165, 1.54) is 33.4 Å². The molecule has 0 unspecified atom stereocenters. The quantitative estimate of drug-likeness (QED) is 0.202. The Hall–Kier alpha value is -5.38. The van der Waals surface area contributed by atoms with Gasteiger partial charge in [-0.3, -0.25) is 0 Å². The van der Waals surface area contributed by atoms with E-state index < -0.39 is 5.41 Å². The minimum atomic E-state index is -0.510. The van der Waals surface area contributed by atoms with Gasteiger partial charge in [0.15, 0.2) is 11.6 Å². The molecule has 6 aromatic carbocycles. The van der Waals surface area contributed by atoms with Gasteiger partial charge in [-0.1, -0.05) is 152 Å². The first-order chi connectivity index (χ1) is 21.7. The molecule has 0 radical (unpaired) electrons. The molecule has 7 aromatic rings. The van der Waals surface area contributed by atoms with Crippen LogP contribution in [0.25, 0.3) is 45.0 Å². The molecule has 0 amide bonds. The molecule has 44 heavy (non-hydrogen) atoms. The van der Waals surface area contributed by atoms with Crippen LogP contribution in [-0.2, 0) is 5.41 Å². The Morgan fingerprint density at radius 1 is 0.386 bits per heavy atom. The van der Waals surface area contributed by atoms with Crippen LogP contribution in [0.1, 0.15) is 22.3 Å². The van der Waals surface area contributed by atoms with E-state index in [0.29, 0.717) is 11.6 Å². The van der Waals surface area contributed by atoms with Gasteiger partial charge in [0.25, 0.3) is 0 Å². The second-order valence-corrected chi connectivity index (χ2v) is 11.3. The first-order valence-electron chi connectivity index (χ1n) is 14.7. The number of aromatic nitrogens is 3. The van der Waals surface area contributed by atoms with E-state index in [0.717, 1.165) is 22.3 Å². The van der Waals surface area contributed by atoms with Crippen molar-refractivity contribution in [2.45, 2.75) is 5.41 Å². The lowest BCUT2D eigenvalue weighted by atomic mass is 9.67. The second-order valence-electron chi connectivity index (χ2n) is 11.0. The molecule has 0 bridgehead atoms. The van der Waals surface area contributed by atoms with Crippen LogP contribution in [0.15, 0.2) is 158 Å². The van der Waals surface area contributed by atoms with Crippen molar-refractivity contribution in [2.75, 3.05) is 0 Å². The number of benzene rings is 6. The highest BCUT2D eigenvalue weighted by Crippen LogP contribution is 2.56. The van der Waals surface area contributed by atoms with E-state index in [1.807, 2.05) is 36.4 Å². The summed E-state index contributed by atoms with van der Waals surface area (Å²) in [6, 6.07) is 55.2. The molecule has 1 aromatic heterocycles. The lowest BCUT2D eigenvalue weighted by Crippen LogP contribution is -2.28. The minimum Gasteiger partial charge on any atom is -0.208 e. The molecule has 0 saturated heterocycles. The zero-order valence-electron chi connectivity index (χ0n) is 23.7. The van der Waals surface area contributed by atoms with Gasteiger partial charge < -0.3 is 0 Å². The molecular weight excluding hydrogens is 558 g/mol. The number of hydrogen-bond donors (Lipinski definition) is 0. The summed E-state index contributed by atoms with van der Waals surface area (Å²) in [5.41, 5.74) is 10.7. The van der Waals surface area contributed by atoms with Gasteiger partial charge in [-0.25, -0.2) is 4.98 Å². The largest absolute Gasteiger partial charge is 0.226 e. The molecule has 4 heteroatoms. The molecule has 3 nitrogen and oxygen atoms in total. The van der Waals surface area contributed by atoms with Gasteiger partial charge in [-0.05, 0) is 62.2 Å². The summed E-state index contributed by atoms with van der Waals surface area (Å²) < 4.78 is 0. The summed E-state index contributed by atoms with van der Waals surface area (Å²) in [4.78, 5) is 14.3. The maximum absolute atomic E-state index is 6.62. The van der Waals surface area contributed by atoms with E-state index in [9.17, 15) is 0 Å². The second kappa shape index (κ2) is 10.7. The van der Waals surface area contributed by atoms with E-state index in [2.05, 4.69) is 131 Å². The highest BCUT2D eigenvalue weighted by molar-refractivity contribution is 6.28. The van der Waals surface area contributed by atoms with Crippen LogP contribution in [0.4, 0.5) is 0 Å². The highest BCUT2D eigenvalue weighted by atomic mass is 35.5. The van der Waals surface area contributed by atoms with Crippen LogP contribution >= 0.6 is 11.6 Å². The van der Waals surface area contributed by atoms with Gasteiger partial charge in [0.2, 0.25) is 5.28 Å². The van der Waals surface area contributed by atoms with Gasteiger partial charge in [-0.15, -0.1) is 0 Å². The molecule has 0 spiro atoms. The molecule has 0 N–H and O–H groups in total. The predicted molar refractivity (Wildman–Crippen MR) is 178 cm³/mol. The lowest BCUT2D eigenvalue weighted by Gasteiger charge is -2.34. The van der Waals surface area contributed by atoms with Crippen molar-refractivity contribution in [3.63, 3.8) is 0 Å². The van der Waals surface area contributed by atoms with E-state index >= 15 is 0 Å². The van der Waals surface area contributed by atoms with Crippen molar-refractivity contribution in [3.05, 3.63) is 185 Å². The molecule has 0 fully saturated rings. The molecule has 0 aliphatic heterocycles. The van der Waals surface area contributed by atoms with Crippen molar-refractivity contribution < 1.29 is 0 Å². The SMILES string of the molecule is Clc1nc(-c2ccc3c(c2)C(c2ccccc2)(c2ccccc2)c2ccccc2-3)nc(-c2ccccc2-c2ccccc2)n1. The Morgan fingerprint density at radius 3 is 1.59 bits per heavy atom. The van der Waals surface area contributed by atoms with Crippen LogP contribution in [0.2, 0.25) is 5.28 Å². The Labute approximate surface area is 261 Å². The molecular formula is C40H26ClN3.